The van der Waals surface area contributed by atoms with Gasteiger partial charge in [0, 0.05) is 13.0 Å². The van der Waals surface area contributed by atoms with E-state index in [2.05, 4.69) is 70.3 Å². The van der Waals surface area contributed by atoms with Gasteiger partial charge in [-0.1, -0.05) is 83.7 Å². The van der Waals surface area contributed by atoms with Gasteiger partial charge in [0.15, 0.2) is 14.4 Å². The van der Waals surface area contributed by atoms with Gasteiger partial charge in [-0.05, 0) is 47.9 Å². The maximum Gasteiger partial charge on any atom is 0.509 e. The van der Waals surface area contributed by atoms with Crippen molar-refractivity contribution in [3.63, 3.8) is 0 Å². The molecule has 1 unspecified atom stereocenters. The molecular weight excluding hydrogens is 404 g/mol. The highest BCUT2D eigenvalue weighted by Gasteiger charge is 2.44. The fourth-order valence-corrected chi connectivity index (χ4v) is 10.0. The van der Waals surface area contributed by atoms with Crippen molar-refractivity contribution in [3.8, 4) is 11.8 Å². The number of aryl methyl sites for hydroxylation is 1. The van der Waals surface area contributed by atoms with Gasteiger partial charge in [0.05, 0.1) is 7.11 Å². The summed E-state index contributed by atoms with van der Waals surface area (Å²) in [5.74, 6) is 6.28. The molecule has 5 heteroatoms. The Morgan fingerprint density at radius 1 is 0.968 bits per heavy atom. The Morgan fingerprint density at radius 3 is 2.13 bits per heavy atom. The molecule has 1 atom stereocenters. The molecule has 0 radical (unpaired) electrons. The lowest BCUT2D eigenvalue weighted by atomic mass is 10.1. The van der Waals surface area contributed by atoms with E-state index >= 15 is 0 Å². The molecule has 0 heterocycles. The predicted octanol–water partition coefficient (Wildman–Crippen LogP) is 7.14. The fourth-order valence-electron chi connectivity index (χ4n) is 4.54. The van der Waals surface area contributed by atoms with Crippen LogP contribution in [-0.2, 0) is 20.3 Å². The van der Waals surface area contributed by atoms with Crippen LogP contribution in [0.15, 0.2) is 30.3 Å². The molecule has 1 rings (SSSR count). The lowest BCUT2D eigenvalue weighted by molar-refractivity contribution is 0.0518. The minimum Gasteiger partial charge on any atom is -0.438 e. The van der Waals surface area contributed by atoms with E-state index in [1.165, 1.54) is 12.7 Å². The minimum atomic E-state index is -1.83. The zero-order chi connectivity index (χ0) is 23.3. The van der Waals surface area contributed by atoms with Gasteiger partial charge in [-0.25, -0.2) is 4.79 Å². The number of benzene rings is 1. The molecule has 0 aliphatic heterocycles. The summed E-state index contributed by atoms with van der Waals surface area (Å²) in [6, 6.07) is 10.3. The number of hydrogen-bond donors (Lipinski definition) is 0. The van der Waals surface area contributed by atoms with E-state index in [0.717, 1.165) is 32.3 Å². The molecule has 0 aromatic heterocycles. The van der Waals surface area contributed by atoms with Gasteiger partial charge < -0.3 is 13.9 Å². The summed E-state index contributed by atoms with van der Waals surface area (Å²) < 4.78 is 16.6. The van der Waals surface area contributed by atoms with Crippen molar-refractivity contribution in [1.29, 1.82) is 0 Å². The van der Waals surface area contributed by atoms with Crippen molar-refractivity contribution in [2.24, 2.45) is 0 Å². The Morgan fingerprint density at radius 2 is 1.58 bits per heavy atom. The third-order valence-electron chi connectivity index (χ3n) is 5.97. The second-order valence-corrected chi connectivity index (χ2v) is 14.5. The summed E-state index contributed by atoms with van der Waals surface area (Å²) in [6.07, 6.45) is 3.03. The first-order chi connectivity index (χ1) is 14.7. The van der Waals surface area contributed by atoms with Crippen LogP contribution in [0.5, 0.6) is 0 Å². The molecule has 0 spiro atoms. The quantitative estimate of drug-likeness (QED) is 0.148. The zero-order valence-electron chi connectivity index (χ0n) is 20.6. The van der Waals surface area contributed by atoms with Gasteiger partial charge >= 0.3 is 6.16 Å². The molecule has 31 heavy (non-hydrogen) atoms. The summed E-state index contributed by atoms with van der Waals surface area (Å²) in [7, 11) is -0.505. The van der Waals surface area contributed by atoms with E-state index in [1.54, 1.807) is 0 Å². The maximum absolute atomic E-state index is 11.6. The molecular formula is C26H42O4Si. The lowest BCUT2D eigenvalue weighted by Crippen LogP contribution is -2.47. The molecule has 0 fully saturated rings. The summed E-state index contributed by atoms with van der Waals surface area (Å²) in [6.45, 7) is 14.6. The van der Waals surface area contributed by atoms with Crippen molar-refractivity contribution in [2.75, 3.05) is 13.7 Å². The highest BCUT2D eigenvalue weighted by molar-refractivity contribution is 6.77. The van der Waals surface area contributed by atoms with E-state index in [0.29, 0.717) is 23.0 Å². The molecule has 1 aromatic carbocycles. The zero-order valence-corrected chi connectivity index (χ0v) is 21.6. The topological polar surface area (TPSA) is 44.8 Å². The number of rotatable bonds is 12. The van der Waals surface area contributed by atoms with Gasteiger partial charge in [-0.15, -0.1) is 0 Å². The van der Waals surface area contributed by atoms with Crippen LogP contribution in [-0.4, -0.2) is 34.3 Å². The molecule has 0 saturated heterocycles. The summed E-state index contributed by atoms with van der Waals surface area (Å²) in [4.78, 5) is 11.6. The molecule has 0 amide bonds. The van der Waals surface area contributed by atoms with Crippen LogP contribution in [0.4, 0.5) is 4.79 Å². The smallest absolute Gasteiger partial charge is 0.438 e. The van der Waals surface area contributed by atoms with Crippen molar-refractivity contribution >= 4 is 14.5 Å². The van der Waals surface area contributed by atoms with Gasteiger partial charge in [0.2, 0.25) is 0 Å². The minimum absolute atomic E-state index is 0.439. The molecule has 1 aromatic rings. The molecule has 0 aliphatic rings. The normalized spacial score (nSPS) is 12.6. The Labute approximate surface area is 191 Å². The summed E-state index contributed by atoms with van der Waals surface area (Å²) in [5, 5.41) is 0. The van der Waals surface area contributed by atoms with Crippen LogP contribution in [0.25, 0.3) is 0 Å². The van der Waals surface area contributed by atoms with E-state index in [9.17, 15) is 4.79 Å². The second-order valence-electron chi connectivity index (χ2n) is 9.03. The average Bonchev–Trinajstić information content (AvgIpc) is 2.73. The summed E-state index contributed by atoms with van der Waals surface area (Å²) >= 11 is 0. The first-order valence-corrected chi connectivity index (χ1v) is 13.8. The lowest BCUT2D eigenvalue weighted by Gasteiger charge is -2.42. The molecule has 4 nitrogen and oxygen atoms in total. The van der Waals surface area contributed by atoms with Crippen molar-refractivity contribution in [3.05, 3.63) is 35.9 Å². The standard InChI is InChI=1S/C26H42O4Si/c1-21(2)31(22(3)4,23(5)6)29-20-14-13-19-25(30-26(27)28-7)18-12-11-17-24-15-9-8-10-16-24/h8-10,15-16,21-23,25H,11,13-14,17,19-20H2,1-7H3. The Bertz CT molecular complexity index is 667. The second kappa shape index (κ2) is 14.3. The van der Waals surface area contributed by atoms with Crippen LogP contribution in [0.1, 0.15) is 72.8 Å². The highest BCUT2D eigenvalue weighted by atomic mass is 28.4. The number of carbonyl (C=O) groups excluding carboxylic acids is 1. The van der Waals surface area contributed by atoms with Crippen LogP contribution in [0.3, 0.4) is 0 Å². The van der Waals surface area contributed by atoms with Gasteiger partial charge in [0.25, 0.3) is 0 Å². The van der Waals surface area contributed by atoms with Crippen molar-refractivity contribution < 1.29 is 18.7 Å². The number of hydrogen-bond acceptors (Lipinski definition) is 4. The first kappa shape index (κ1) is 27.3. The van der Waals surface area contributed by atoms with E-state index in [1.807, 2.05) is 18.2 Å². The van der Waals surface area contributed by atoms with Gasteiger partial charge in [-0.3, -0.25) is 0 Å². The van der Waals surface area contributed by atoms with E-state index < -0.39 is 20.6 Å². The summed E-state index contributed by atoms with van der Waals surface area (Å²) in [5.41, 5.74) is 3.00. The molecule has 0 aliphatic carbocycles. The molecule has 0 bridgehead atoms. The highest BCUT2D eigenvalue weighted by Crippen LogP contribution is 2.42. The van der Waals surface area contributed by atoms with Crippen LogP contribution in [0.2, 0.25) is 16.6 Å². The Hall–Kier alpha value is -1.77. The van der Waals surface area contributed by atoms with Crippen molar-refractivity contribution in [2.45, 2.75) is 96.4 Å². The van der Waals surface area contributed by atoms with Gasteiger partial charge in [0.1, 0.15) is 0 Å². The average molecular weight is 447 g/mol. The third-order valence-corrected chi connectivity index (χ3v) is 12.1. The number of carbonyl (C=O) groups is 1. The number of ether oxygens (including phenoxy) is 2. The number of unbranched alkanes of at least 4 members (excludes halogenated alkanes) is 1. The van der Waals surface area contributed by atoms with Crippen LogP contribution in [0, 0.1) is 11.8 Å². The fraction of sp³-hybridized carbons (Fsp3) is 0.654. The first-order valence-electron chi connectivity index (χ1n) is 11.6. The Kier molecular flexibility index (Phi) is 12.6. The van der Waals surface area contributed by atoms with E-state index in [-0.39, 0.29) is 0 Å². The van der Waals surface area contributed by atoms with Crippen LogP contribution < -0.4 is 0 Å². The molecule has 174 valence electrons. The van der Waals surface area contributed by atoms with Crippen molar-refractivity contribution in [1.82, 2.24) is 0 Å². The van der Waals surface area contributed by atoms with E-state index in [4.69, 9.17) is 9.16 Å². The predicted molar refractivity (Wildman–Crippen MR) is 131 cm³/mol. The SMILES string of the molecule is COC(=O)OC(C#CCCc1ccccc1)CCCCO[Si](C(C)C)(C(C)C)C(C)C. The van der Waals surface area contributed by atoms with Crippen LogP contribution >= 0.6 is 0 Å². The molecule has 0 N–H and O–H groups in total. The molecule has 0 saturated carbocycles. The maximum atomic E-state index is 11.6. The third kappa shape index (κ3) is 9.09. The number of methoxy groups -OCH3 is 1. The Balaban J connectivity index is 2.55. The monoisotopic (exact) mass is 446 g/mol. The van der Waals surface area contributed by atoms with Gasteiger partial charge in [-0.2, -0.15) is 0 Å². The largest absolute Gasteiger partial charge is 0.509 e.